The molecule has 1 N–H and O–H groups in total. The average molecular weight is 323 g/mol. The van der Waals surface area contributed by atoms with E-state index in [-0.39, 0.29) is 17.9 Å². The number of carbonyl (C=O) groups is 1. The lowest BCUT2D eigenvalue weighted by atomic mass is 10.2. The summed E-state index contributed by atoms with van der Waals surface area (Å²) in [4.78, 5) is 18.1. The number of anilines is 1. The quantitative estimate of drug-likeness (QED) is 0.888. The first-order valence-electron chi connectivity index (χ1n) is 6.12. The van der Waals surface area contributed by atoms with Crippen LogP contribution < -0.4 is 5.32 Å². The van der Waals surface area contributed by atoms with Gasteiger partial charge in [-0.15, -0.1) is 0 Å². The van der Waals surface area contributed by atoms with Crippen LogP contribution in [0.2, 0.25) is 0 Å². The molecule has 6 nitrogen and oxygen atoms in total. The molecule has 1 amide bonds. The van der Waals surface area contributed by atoms with Crippen LogP contribution in [0.5, 0.6) is 0 Å². The van der Waals surface area contributed by atoms with E-state index in [4.69, 9.17) is 0 Å². The Kier molecular flexibility index (Phi) is 4.17. The maximum Gasteiger partial charge on any atom is 0.451 e. The van der Waals surface area contributed by atoms with Gasteiger partial charge in [0.25, 0.3) is 0 Å². The van der Waals surface area contributed by atoms with Crippen LogP contribution in [0, 0.1) is 0 Å². The number of hydrogen-bond donors (Lipinski definition) is 1. The number of nitrogens with one attached hydrogen (secondary N) is 1. The molecule has 0 aromatic carbocycles. The van der Waals surface area contributed by atoms with Crippen molar-refractivity contribution in [1.29, 1.82) is 0 Å². The van der Waals surface area contributed by atoms with Crippen molar-refractivity contribution < 1.29 is 26.4 Å². The van der Waals surface area contributed by atoms with Gasteiger partial charge in [0.05, 0.1) is 23.8 Å². The van der Waals surface area contributed by atoms with Crippen molar-refractivity contribution in [2.24, 2.45) is 0 Å². The van der Waals surface area contributed by atoms with E-state index in [1.807, 2.05) is 0 Å². The van der Waals surface area contributed by atoms with Gasteiger partial charge < -0.3 is 5.32 Å². The predicted octanol–water partition coefficient (Wildman–Crippen LogP) is 1.40. The summed E-state index contributed by atoms with van der Waals surface area (Å²) in [5.41, 5.74) is -0.0752. The van der Waals surface area contributed by atoms with Crippen LogP contribution in [0.3, 0.4) is 0 Å². The maximum atomic E-state index is 12.3. The summed E-state index contributed by atoms with van der Waals surface area (Å²) in [5.74, 6) is -2.15. The van der Waals surface area contributed by atoms with Crippen LogP contribution in [-0.2, 0) is 20.8 Å². The first kappa shape index (κ1) is 15.7. The minimum absolute atomic E-state index is 0.0609. The fourth-order valence-corrected chi connectivity index (χ4v) is 3.81. The Morgan fingerprint density at radius 3 is 2.38 bits per heavy atom. The lowest BCUT2D eigenvalue weighted by Gasteiger charge is -2.21. The normalized spacial score (nSPS) is 21.8. The van der Waals surface area contributed by atoms with E-state index in [0.29, 0.717) is 12.8 Å². The predicted molar refractivity (Wildman–Crippen MR) is 67.1 cm³/mol. The fourth-order valence-electron chi connectivity index (χ4n) is 2.01. The molecule has 0 saturated carbocycles. The highest BCUT2D eigenvalue weighted by Gasteiger charge is 2.36. The first-order chi connectivity index (χ1) is 9.70. The summed E-state index contributed by atoms with van der Waals surface area (Å²) < 4.78 is 60.4. The Morgan fingerprint density at radius 2 is 1.86 bits per heavy atom. The molecule has 1 aromatic heterocycles. The summed E-state index contributed by atoms with van der Waals surface area (Å²) in [6.07, 6.45) is -1.76. The molecule has 1 unspecified atom stereocenters. The lowest BCUT2D eigenvalue weighted by molar-refractivity contribution is -0.144. The fraction of sp³-hybridized carbons (Fsp3) is 0.545. The van der Waals surface area contributed by atoms with Crippen LogP contribution in [0.1, 0.15) is 25.1 Å². The lowest BCUT2D eigenvalue weighted by Crippen LogP contribution is -2.39. The molecule has 0 spiro atoms. The molecule has 2 rings (SSSR count). The van der Waals surface area contributed by atoms with Crippen molar-refractivity contribution >= 4 is 21.4 Å². The molecule has 1 atom stereocenters. The van der Waals surface area contributed by atoms with Crippen molar-refractivity contribution in [1.82, 2.24) is 9.97 Å². The van der Waals surface area contributed by atoms with E-state index in [2.05, 4.69) is 15.3 Å². The Balaban J connectivity index is 2.09. The van der Waals surface area contributed by atoms with Crippen molar-refractivity contribution in [3.8, 4) is 0 Å². The topological polar surface area (TPSA) is 89.0 Å². The van der Waals surface area contributed by atoms with Gasteiger partial charge in [0, 0.05) is 0 Å². The highest BCUT2D eigenvalue weighted by Crippen LogP contribution is 2.26. The monoisotopic (exact) mass is 323 g/mol. The Labute approximate surface area is 118 Å². The number of carbonyl (C=O) groups excluding carboxylic acids is 1. The molecule has 0 aliphatic carbocycles. The molecule has 10 heteroatoms. The second kappa shape index (κ2) is 5.58. The van der Waals surface area contributed by atoms with Gasteiger partial charge in [-0.3, -0.25) is 4.79 Å². The van der Waals surface area contributed by atoms with Gasteiger partial charge in [-0.25, -0.2) is 18.4 Å². The van der Waals surface area contributed by atoms with Gasteiger partial charge in [0.15, 0.2) is 9.84 Å². The van der Waals surface area contributed by atoms with E-state index < -0.39 is 33.0 Å². The second-order valence-electron chi connectivity index (χ2n) is 4.63. The van der Waals surface area contributed by atoms with E-state index >= 15 is 0 Å². The number of sulfone groups is 1. The molecule has 21 heavy (non-hydrogen) atoms. The number of nitrogens with zero attached hydrogens (tertiary/aromatic N) is 2. The summed E-state index contributed by atoms with van der Waals surface area (Å²) in [6, 6.07) is 0. The zero-order valence-electron chi connectivity index (χ0n) is 10.7. The zero-order chi connectivity index (χ0) is 15.7. The number of alkyl halides is 3. The largest absolute Gasteiger partial charge is 0.451 e. The van der Waals surface area contributed by atoms with Crippen molar-refractivity contribution in [2.45, 2.75) is 30.7 Å². The standard InChI is InChI=1S/C11H12F3N3O3S/c12-11(13,14)10-15-5-7(6-16-10)17-9(18)8-3-1-2-4-21(8,19)20/h5-6,8H,1-4H2,(H,17,18). The molecular weight excluding hydrogens is 311 g/mol. The van der Waals surface area contributed by atoms with Crippen molar-refractivity contribution in [3.63, 3.8) is 0 Å². The zero-order valence-corrected chi connectivity index (χ0v) is 11.5. The van der Waals surface area contributed by atoms with Crippen molar-refractivity contribution in [3.05, 3.63) is 18.2 Å². The average Bonchev–Trinajstić information content (AvgIpc) is 2.37. The summed E-state index contributed by atoms with van der Waals surface area (Å²) >= 11 is 0. The minimum atomic E-state index is -4.67. The maximum absolute atomic E-state index is 12.3. The molecule has 116 valence electrons. The van der Waals surface area contributed by atoms with Crippen LogP contribution in [0.25, 0.3) is 0 Å². The SMILES string of the molecule is O=C(Nc1cnc(C(F)(F)F)nc1)C1CCCCS1(=O)=O. The van der Waals surface area contributed by atoms with Gasteiger partial charge in [0.1, 0.15) is 5.25 Å². The van der Waals surface area contributed by atoms with E-state index in [0.717, 1.165) is 12.4 Å². The molecule has 1 aromatic rings. The number of rotatable bonds is 2. The smallest absolute Gasteiger partial charge is 0.322 e. The van der Waals surface area contributed by atoms with Gasteiger partial charge in [-0.05, 0) is 12.8 Å². The van der Waals surface area contributed by atoms with Gasteiger partial charge in [0.2, 0.25) is 11.7 Å². The third kappa shape index (κ3) is 3.69. The second-order valence-corrected chi connectivity index (χ2v) is 6.94. The van der Waals surface area contributed by atoms with E-state index in [9.17, 15) is 26.4 Å². The van der Waals surface area contributed by atoms with Crippen LogP contribution in [0.4, 0.5) is 18.9 Å². The molecule has 1 saturated heterocycles. The molecule has 2 heterocycles. The first-order valence-corrected chi connectivity index (χ1v) is 7.83. The third-order valence-electron chi connectivity index (χ3n) is 3.04. The number of hydrogen-bond acceptors (Lipinski definition) is 5. The Morgan fingerprint density at radius 1 is 1.24 bits per heavy atom. The van der Waals surface area contributed by atoms with Crippen LogP contribution >= 0.6 is 0 Å². The number of halogens is 3. The van der Waals surface area contributed by atoms with E-state index in [1.165, 1.54) is 0 Å². The van der Waals surface area contributed by atoms with Crippen LogP contribution in [0.15, 0.2) is 12.4 Å². The third-order valence-corrected chi connectivity index (χ3v) is 5.22. The summed E-state index contributed by atoms with van der Waals surface area (Å²) in [6.45, 7) is 0. The molecule has 0 radical (unpaired) electrons. The number of amides is 1. The molecule has 1 fully saturated rings. The van der Waals surface area contributed by atoms with E-state index in [1.54, 1.807) is 0 Å². The molecule has 0 bridgehead atoms. The van der Waals surface area contributed by atoms with Crippen LogP contribution in [-0.4, -0.2) is 35.3 Å². The Bertz CT molecular complexity index is 628. The highest BCUT2D eigenvalue weighted by molar-refractivity contribution is 7.92. The summed E-state index contributed by atoms with van der Waals surface area (Å²) in [5, 5.41) is 1.06. The van der Waals surface area contributed by atoms with Gasteiger partial charge >= 0.3 is 6.18 Å². The highest BCUT2D eigenvalue weighted by atomic mass is 32.2. The molecular formula is C11H12F3N3O3S. The Hall–Kier alpha value is -1.71. The summed E-state index contributed by atoms with van der Waals surface area (Å²) in [7, 11) is -3.51. The van der Waals surface area contributed by atoms with Gasteiger partial charge in [-0.2, -0.15) is 13.2 Å². The molecule has 1 aliphatic rings. The molecule has 1 aliphatic heterocycles. The van der Waals surface area contributed by atoms with Gasteiger partial charge in [-0.1, -0.05) is 6.42 Å². The minimum Gasteiger partial charge on any atom is -0.322 e. The number of aromatic nitrogens is 2. The van der Waals surface area contributed by atoms with Crippen molar-refractivity contribution in [2.75, 3.05) is 11.1 Å².